The second-order valence-corrected chi connectivity index (χ2v) is 9.25. The lowest BCUT2D eigenvalue weighted by atomic mass is 10.1. The minimum Gasteiger partial charge on any atom is -0.307 e. The maximum atomic E-state index is 12.7. The molecule has 12 heteroatoms. The van der Waals surface area contributed by atoms with Gasteiger partial charge in [-0.2, -0.15) is 18.3 Å². The Balaban J connectivity index is 1.51. The van der Waals surface area contributed by atoms with E-state index >= 15 is 0 Å². The summed E-state index contributed by atoms with van der Waals surface area (Å²) in [5.41, 5.74) is 4.62. The van der Waals surface area contributed by atoms with E-state index in [0.29, 0.717) is 10.4 Å². The fourth-order valence-corrected chi connectivity index (χ4v) is 4.89. The summed E-state index contributed by atoms with van der Waals surface area (Å²) in [5, 5.41) is 11.8. The van der Waals surface area contributed by atoms with E-state index in [9.17, 15) is 22.2 Å². The first kappa shape index (κ1) is 19.8. The average Bonchev–Trinajstić information content (AvgIpc) is 3.31. The van der Waals surface area contributed by atoms with Crippen LogP contribution < -0.4 is 15.2 Å². The number of halogens is 3. The molecule has 29 heavy (non-hydrogen) atoms. The van der Waals surface area contributed by atoms with E-state index in [4.69, 9.17) is 10.1 Å². The number of aryl methyl sites for hydroxylation is 2. The Hall–Kier alpha value is -2.47. The molecule has 0 spiro atoms. The van der Waals surface area contributed by atoms with Gasteiger partial charge in [0, 0.05) is 27.9 Å². The fourth-order valence-electron chi connectivity index (χ4n) is 3.89. The van der Waals surface area contributed by atoms with Gasteiger partial charge in [-0.3, -0.25) is 19.5 Å². The van der Waals surface area contributed by atoms with Crippen molar-refractivity contribution in [2.45, 2.75) is 56.3 Å². The Morgan fingerprint density at radius 1 is 1.17 bits per heavy atom. The number of nitrogens with one attached hydrogen (secondary N) is 2. The van der Waals surface area contributed by atoms with Crippen molar-refractivity contribution in [2.24, 2.45) is 5.14 Å². The van der Waals surface area contributed by atoms with Gasteiger partial charge in [0.15, 0.2) is 5.03 Å². The third kappa shape index (κ3) is 4.13. The Morgan fingerprint density at radius 3 is 2.38 bits per heavy atom. The van der Waals surface area contributed by atoms with Crippen LogP contribution in [0, 0.1) is 0 Å². The number of hydrogen-bond donors (Lipinski definition) is 4. The van der Waals surface area contributed by atoms with E-state index in [1.54, 1.807) is 0 Å². The van der Waals surface area contributed by atoms with Gasteiger partial charge in [0.05, 0.1) is 5.69 Å². The van der Waals surface area contributed by atoms with Crippen LogP contribution in [0.25, 0.3) is 0 Å². The van der Waals surface area contributed by atoms with Crippen LogP contribution in [-0.2, 0) is 42.5 Å². The van der Waals surface area contributed by atoms with E-state index in [2.05, 4.69) is 15.1 Å². The van der Waals surface area contributed by atoms with Gasteiger partial charge < -0.3 is 5.32 Å². The molecule has 0 unspecified atom stereocenters. The number of urea groups is 1. The smallest absolute Gasteiger partial charge is 0.307 e. The first-order chi connectivity index (χ1) is 13.6. The van der Waals surface area contributed by atoms with Crippen LogP contribution in [-0.4, -0.2) is 31.2 Å². The highest BCUT2D eigenvalue weighted by Gasteiger charge is 2.30. The third-order valence-electron chi connectivity index (χ3n) is 5.07. The number of carbonyl (C=O) groups is 1. The number of rotatable bonds is 4. The molecule has 0 bridgehead atoms. The zero-order valence-corrected chi connectivity index (χ0v) is 16.3. The SMILES string of the molecule is N[SH](=O)(NC(=O)Nc1c2c(nc3c1CCC3)CCC2)c1ccn(CC(F)(F)F)n1. The highest BCUT2D eigenvalue weighted by Crippen LogP contribution is 2.36. The molecule has 2 amide bonds. The fraction of sp³-hybridized carbons (Fsp3) is 0.471. The second-order valence-electron chi connectivity index (χ2n) is 7.26. The molecule has 0 saturated carbocycles. The molecular formula is C17H21F3N6O2S. The van der Waals surface area contributed by atoms with Gasteiger partial charge in [-0.05, 0) is 55.7 Å². The van der Waals surface area contributed by atoms with Gasteiger partial charge >= 0.3 is 12.2 Å². The van der Waals surface area contributed by atoms with E-state index in [0.717, 1.165) is 73.3 Å². The summed E-state index contributed by atoms with van der Waals surface area (Å²) in [5.74, 6) is 0. The summed E-state index contributed by atoms with van der Waals surface area (Å²) in [6.07, 6.45) is 1.75. The number of anilines is 1. The number of carbonyl (C=O) groups excluding carboxylic acids is 1. The van der Waals surface area contributed by atoms with Gasteiger partial charge in [-0.25, -0.2) is 9.00 Å². The molecule has 0 aromatic carbocycles. The molecule has 0 atom stereocenters. The molecule has 2 aromatic rings. The predicted octanol–water partition coefficient (Wildman–Crippen LogP) is 1.80. The van der Waals surface area contributed by atoms with Gasteiger partial charge in [-0.1, -0.05) is 0 Å². The van der Waals surface area contributed by atoms with Crippen molar-refractivity contribution in [1.82, 2.24) is 19.5 Å². The topological polar surface area (TPSA) is 115 Å². The minimum absolute atomic E-state index is 0.304. The first-order valence-electron chi connectivity index (χ1n) is 9.24. The van der Waals surface area contributed by atoms with Crippen molar-refractivity contribution in [2.75, 3.05) is 5.32 Å². The molecule has 4 rings (SSSR count). The zero-order chi connectivity index (χ0) is 20.8. The largest absolute Gasteiger partial charge is 0.408 e. The van der Waals surface area contributed by atoms with Gasteiger partial charge in [0.2, 0.25) is 0 Å². The first-order valence-corrected chi connectivity index (χ1v) is 11.0. The van der Waals surface area contributed by atoms with Crippen LogP contribution in [0.5, 0.6) is 0 Å². The van der Waals surface area contributed by atoms with Crippen LogP contribution in [0.1, 0.15) is 35.4 Å². The molecule has 2 aromatic heterocycles. The molecule has 0 saturated heterocycles. The standard InChI is InChI=1S/C17H21F3N6O2S/c18-17(19,20)9-26-8-7-14(24-26)29(21,28)25-16(27)23-15-10-3-1-5-12(10)22-13-6-2-4-11(13)15/h7-8,29H,1-6,9H2,(H4,21,22,23,25,27,28). The summed E-state index contributed by atoms with van der Waals surface area (Å²) in [7, 11) is -4.00. The molecule has 0 radical (unpaired) electrons. The summed E-state index contributed by atoms with van der Waals surface area (Å²) in [4.78, 5) is 17.2. The zero-order valence-electron chi connectivity index (χ0n) is 15.4. The minimum atomic E-state index is -4.48. The summed E-state index contributed by atoms with van der Waals surface area (Å²) < 4.78 is 52.9. The number of pyridine rings is 1. The van der Waals surface area contributed by atoms with Gasteiger partial charge in [0.25, 0.3) is 0 Å². The highest BCUT2D eigenvalue weighted by molar-refractivity contribution is 7.99. The highest BCUT2D eigenvalue weighted by atomic mass is 32.3. The van der Waals surface area contributed by atoms with Crippen molar-refractivity contribution in [3.63, 3.8) is 0 Å². The van der Waals surface area contributed by atoms with Crippen molar-refractivity contribution in [3.8, 4) is 0 Å². The molecule has 2 heterocycles. The molecule has 2 aliphatic rings. The molecule has 0 aliphatic heterocycles. The van der Waals surface area contributed by atoms with Crippen molar-refractivity contribution >= 4 is 22.0 Å². The number of nitrogens with zero attached hydrogens (tertiary/aromatic N) is 3. The Bertz CT molecular complexity index is 987. The molecule has 2 aliphatic carbocycles. The number of aromatic nitrogens is 3. The lowest BCUT2D eigenvalue weighted by Gasteiger charge is -2.21. The van der Waals surface area contributed by atoms with E-state index in [1.807, 2.05) is 0 Å². The molecular weight excluding hydrogens is 409 g/mol. The molecule has 4 N–H and O–H groups in total. The second kappa shape index (κ2) is 7.10. The Labute approximate surface area is 165 Å². The van der Waals surface area contributed by atoms with Crippen molar-refractivity contribution < 1.29 is 22.2 Å². The normalized spacial score (nSPS) is 16.4. The lowest BCUT2D eigenvalue weighted by Crippen LogP contribution is -2.45. The van der Waals surface area contributed by atoms with Gasteiger partial charge in [0.1, 0.15) is 6.54 Å². The van der Waals surface area contributed by atoms with Crippen LogP contribution in [0.4, 0.5) is 23.7 Å². The molecule has 0 fully saturated rings. The van der Waals surface area contributed by atoms with Crippen molar-refractivity contribution in [3.05, 3.63) is 34.8 Å². The molecule has 8 nitrogen and oxygen atoms in total. The van der Waals surface area contributed by atoms with E-state index < -0.39 is 29.1 Å². The number of alkyl halides is 3. The van der Waals surface area contributed by atoms with Crippen LogP contribution in [0.3, 0.4) is 0 Å². The van der Waals surface area contributed by atoms with E-state index in [-0.39, 0.29) is 5.03 Å². The van der Waals surface area contributed by atoms with Crippen molar-refractivity contribution in [1.29, 1.82) is 0 Å². The van der Waals surface area contributed by atoms with Gasteiger partial charge in [-0.15, -0.1) is 0 Å². The number of hydrogen-bond acceptors (Lipinski definition) is 4. The Kier molecular flexibility index (Phi) is 4.85. The summed E-state index contributed by atoms with van der Waals surface area (Å²) in [6, 6.07) is 0.324. The summed E-state index contributed by atoms with van der Waals surface area (Å²) >= 11 is 0. The average molecular weight is 430 g/mol. The quantitative estimate of drug-likeness (QED) is 0.554. The third-order valence-corrected chi connectivity index (χ3v) is 6.52. The van der Waals surface area contributed by atoms with Crippen LogP contribution in [0.15, 0.2) is 17.3 Å². The predicted molar refractivity (Wildman–Crippen MR) is 101 cm³/mol. The molecule has 158 valence electrons. The van der Waals surface area contributed by atoms with Crippen LogP contribution >= 0.6 is 0 Å². The number of amides is 2. The number of fused-ring (bicyclic) bond motifs is 2. The van der Waals surface area contributed by atoms with Crippen LogP contribution in [0.2, 0.25) is 0 Å². The maximum Gasteiger partial charge on any atom is 0.408 e. The monoisotopic (exact) mass is 430 g/mol. The van der Waals surface area contributed by atoms with E-state index in [1.165, 1.54) is 0 Å². The Morgan fingerprint density at radius 2 is 1.79 bits per heavy atom. The number of thiol groups is 1. The number of nitrogens with two attached hydrogens (primary N) is 1. The maximum absolute atomic E-state index is 12.7. The summed E-state index contributed by atoms with van der Waals surface area (Å²) in [6.45, 7) is -1.34. The lowest BCUT2D eigenvalue weighted by molar-refractivity contribution is -0.142.